The number of methoxy groups -OCH3 is 1. The fraction of sp³-hybridized carbons (Fsp3) is 0.400. The minimum atomic E-state index is -0.343. The largest absolute Gasteiger partial charge is 0.496 e. The topological polar surface area (TPSA) is 22.1 Å². The third-order valence-electron chi connectivity index (χ3n) is 3.73. The van der Waals surface area contributed by atoms with E-state index in [2.05, 4.69) is 4.98 Å². The first kappa shape index (κ1) is 12.7. The molecule has 0 spiro atoms. The van der Waals surface area contributed by atoms with Gasteiger partial charge in [-0.2, -0.15) is 0 Å². The fourth-order valence-corrected chi connectivity index (χ4v) is 3.14. The second kappa shape index (κ2) is 4.97. The number of nitrogens with zero attached hydrogens (tertiary/aromatic N) is 1. The van der Waals surface area contributed by atoms with Crippen LogP contribution in [0.3, 0.4) is 0 Å². The monoisotopic (exact) mass is 279 g/mol. The molecule has 100 valence electrons. The van der Waals surface area contributed by atoms with Crippen LogP contribution in [0.4, 0.5) is 4.39 Å². The molecular weight excluding hydrogens is 265 g/mol. The van der Waals surface area contributed by atoms with E-state index in [-0.39, 0.29) is 5.82 Å². The molecule has 1 heterocycles. The maximum absolute atomic E-state index is 14.0. The molecule has 2 aromatic rings. The predicted molar refractivity (Wildman–Crippen MR) is 74.5 cm³/mol. The van der Waals surface area contributed by atoms with Crippen LogP contribution < -0.4 is 4.74 Å². The number of hydrogen-bond donors (Lipinski definition) is 0. The van der Waals surface area contributed by atoms with Crippen molar-refractivity contribution in [3.8, 4) is 5.75 Å². The second-order valence-corrected chi connectivity index (χ2v) is 5.26. The molecule has 0 N–H and O–H groups in total. The normalized spacial score (nSPS) is 15.1. The van der Waals surface area contributed by atoms with Crippen molar-refractivity contribution in [2.45, 2.75) is 32.1 Å². The standard InChI is InChI=1S/C15H15ClFNO/c1-19-12-8-7-10(17)15-13(12)14(16)9-5-3-2-4-6-11(9)18-15/h7-8H,2-6H2,1H3. The van der Waals surface area contributed by atoms with Gasteiger partial charge in [-0.15, -0.1) is 0 Å². The zero-order chi connectivity index (χ0) is 13.4. The third-order valence-corrected chi connectivity index (χ3v) is 4.15. The Hall–Kier alpha value is -1.35. The second-order valence-electron chi connectivity index (χ2n) is 4.88. The summed E-state index contributed by atoms with van der Waals surface area (Å²) < 4.78 is 19.3. The summed E-state index contributed by atoms with van der Waals surface area (Å²) in [7, 11) is 1.56. The summed E-state index contributed by atoms with van der Waals surface area (Å²) in [6.45, 7) is 0. The van der Waals surface area contributed by atoms with Crippen LogP contribution in [0.25, 0.3) is 10.9 Å². The number of hydrogen-bond acceptors (Lipinski definition) is 2. The van der Waals surface area contributed by atoms with Crippen LogP contribution in [-0.2, 0) is 12.8 Å². The SMILES string of the molecule is COc1ccc(F)c2nc3c(c(Cl)c12)CCCCC3. The number of aromatic nitrogens is 1. The van der Waals surface area contributed by atoms with Crippen molar-refractivity contribution in [2.24, 2.45) is 0 Å². The maximum atomic E-state index is 14.0. The molecule has 0 amide bonds. The van der Waals surface area contributed by atoms with E-state index in [4.69, 9.17) is 16.3 Å². The van der Waals surface area contributed by atoms with Crippen molar-refractivity contribution in [1.29, 1.82) is 0 Å². The molecule has 0 unspecified atom stereocenters. The highest BCUT2D eigenvalue weighted by Gasteiger charge is 2.20. The van der Waals surface area contributed by atoms with Gasteiger partial charge in [0.1, 0.15) is 17.1 Å². The molecule has 0 radical (unpaired) electrons. The van der Waals surface area contributed by atoms with Crippen LogP contribution in [0.15, 0.2) is 12.1 Å². The molecule has 0 fully saturated rings. The number of rotatable bonds is 1. The molecular formula is C15H15ClFNO. The number of halogens is 2. The first-order valence-electron chi connectivity index (χ1n) is 6.56. The van der Waals surface area contributed by atoms with E-state index in [0.717, 1.165) is 36.9 Å². The average molecular weight is 280 g/mol. The summed E-state index contributed by atoms with van der Waals surface area (Å²) in [5, 5.41) is 1.21. The molecule has 3 rings (SSSR count). The molecule has 0 saturated heterocycles. The van der Waals surface area contributed by atoms with Crippen LogP contribution in [-0.4, -0.2) is 12.1 Å². The molecule has 1 aliphatic rings. The highest BCUT2D eigenvalue weighted by molar-refractivity contribution is 6.36. The summed E-state index contributed by atoms with van der Waals surface area (Å²) in [6.07, 6.45) is 5.16. The van der Waals surface area contributed by atoms with Crippen molar-refractivity contribution >= 4 is 22.5 Å². The van der Waals surface area contributed by atoms with Crippen LogP contribution >= 0.6 is 11.6 Å². The van der Waals surface area contributed by atoms with E-state index < -0.39 is 0 Å². The number of fused-ring (bicyclic) bond motifs is 2. The van der Waals surface area contributed by atoms with Crippen LogP contribution in [0.2, 0.25) is 5.02 Å². The van der Waals surface area contributed by atoms with Crippen LogP contribution in [0, 0.1) is 5.82 Å². The highest BCUT2D eigenvalue weighted by Crippen LogP contribution is 2.38. The van der Waals surface area contributed by atoms with Gasteiger partial charge in [0.25, 0.3) is 0 Å². The maximum Gasteiger partial charge on any atom is 0.149 e. The Balaban J connectivity index is 2.37. The Bertz CT molecular complexity index is 642. The van der Waals surface area contributed by atoms with Gasteiger partial charge in [0, 0.05) is 5.69 Å². The smallest absolute Gasteiger partial charge is 0.149 e. The summed E-state index contributed by atoms with van der Waals surface area (Å²) in [5.74, 6) is 0.241. The fourth-order valence-electron chi connectivity index (χ4n) is 2.75. The number of pyridine rings is 1. The van der Waals surface area contributed by atoms with Crippen molar-refractivity contribution in [2.75, 3.05) is 7.11 Å². The summed E-state index contributed by atoms with van der Waals surface area (Å²) in [6, 6.07) is 2.99. The van der Waals surface area contributed by atoms with Gasteiger partial charge >= 0.3 is 0 Å². The molecule has 1 aliphatic carbocycles. The van der Waals surface area contributed by atoms with Gasteiger partial charge in [-0.1, -0.05) is 18.0 Å². The van der Waals surface area contributed by atoms with Crippen molar-refractivity contribution in [3.05, 3.63) is 34.2 Å². The van der Waals surface area contributed by atoms with Gasteiger partial charge in [0.15, 0.2) is 0 Å². The van der Waals surface area contributed by atoms with E-state index in [1.54, 1.807) is 13.2 Å². The first-order valence-corrected chi connectivity index (χ1v) is 6.93. The van der Waals surface area contributed by atoms with Gasteiger partial charge in [-0.25, -0.2) is 9.37 Å². The summed E-state index contributed by atoms with van der Waals surface area (Å²) in [4.78, 5) is 4.51. The van der Waals surface area contributed by atoms with E-state index in [0.29, 0.717) is 21.7 Å². The zero-order valence-corrected chi connectivity index (χ0v) is 11.6. The van der Waals surface area contributed by atoms with Gasteiger partial charge in [-0.3, -0.25) is 0 Å². The lowest BCUT2D eigenvalue weighted by molar-refractivity contribution is 0.419. The Labute approximate surface area is 116 Å². The van der Waals surface area contributed by atoms with Gasteiger partial charge in [0.05, 0.1) is 17.5 Å². The quantitative estimate of drug-likeness (QED) is 0.726. The van der Waals surface area contributed by atoms with Gasteiger partial charge < -0.3 is 4.74 Å². The van der Waals surface area contributed by atoms with Gasteiger partial charge in [-0.05, 0) is 43.4 Å². The van der Waals surface area contributed by atoms with E-state index in [9.17, 15) is 4.39 Å². The molecule has 1 aromatic heterocycles. The highest BCUT2D eigenvalue weighted by atomic mass is 35.5. The first-order chi connectivity index (χ1) is 9.22. The van der Waals surface area contributed by atoms with Crippen molar-refractivity contribution < 1.29 is 9.13 Å². The Morgan fingerprint density at radius 1 is 1.21 bits per heavy atom. The minimum Gasteiger partial charge on any atom is -0.496 e. The molecule has 0 aliphatic heterocycles. The summed E-state index contributed by atoms with van der Waals surface area (Å²) >= 11 is 6.50. The number of benzene rings is 1. The lowest BCUT2D eigenvalue weighted by atomic mass is 10.0. The number of ether oxygens (including phenoxy) is 1. The molecule has 19 heavy (non-hydrogen) atoms. The molecule has 0 saturated carbocycles. The molecule has 2 nitrogen and oxygen atoms in total. The predicted octanol–water partition coefficient (Wildman–Crippen LogP) is 4.30. The molecule has 1 aromatic carbocycles. The van der Waals surface area contributed by atoms with Crippen molar-refractivity contribution in [3.63, 3.8) is 0 Å². The minimum absolute atomic E-state index is 0.324. The van der Waals surface area contributed by atoms with E-state index >= 15 is 0 Å². The van der Waals surface area contributed by atoms with Gasteiger partial charge in [0.2, 0.25) is 0 Å². The number of aryl methyl sites for hydroxylation is 1. The zero-order valence-electron chi connectivity index (χ0n) is 10.8. The lowest BCUT2D eigenvalue weighted by Crippen LogP contribution is -2.01. The average Bonchev–Trinajstić information content (AvgIpc) is 2.66. The summed E-state index contributed by atoms with van der Waals surface area (Å²) in [5.41, 5.74) is 2.34. The third kappa shape index (κ3) is 2.06. The molecule has 0 atom stereocenters. The van der Waals surface area contributed by atoms with Crippen LogP contribution in [0.1, 0.15) is 30.5 Å². The lowest BCUT2D eigenvalue weighted by Gasteiger charge is -2.13. The Kier molecular flexibility index (Phi) is 3.31. The van der Waals surface area contributed by atoms with Crippen molar-refractivity contribution in [1.82, 2.24) is 4.98 Å². The Morgan fingerprint density at radius 3 is 2.79 bits per heavy atom. The van der Waals surface area contributed by atoms with E-state index in [1.807, 2.05) is 0 Å². The molecule has 4 heteroatoms. The molecule has 0 bridgehead atoms. The van der Waals surface area contributed by atoms with Crippen LogP contribution in [0.5, 0.6) is 5.75 Å². The van der Waals surface area contributed by atoms with E-state index in [1.165, 1.54) is 12.5 Å². The Morgan fingerprint density at radius 2 is 2.00 bits per heavy atom.